The number of carbonyl (C=O) groups is 2. The van der Waals surface area contributed by atoms with Crippen molar-refractivity contribution in [1.82, 2.24) is 9.80 Å². The van der Waals surface area contributed by atoms with Gasteiger partial charge in [0.25, 0.3) is 5.69 Å². The molecule has 2 rings (SSSR count). The second-order valence-electron chi connectivity index (χ2n) is 6.75. The first-order chi connectivity index (χ1) is 11.1. The lowest BCUT2D eigenvalue weighted by Crippen LogP contribution is -2.53. The number of ether oxygens (including phenoxy) is 1. The number of carbonyl (C=O) groups excluding carboxylic acids is 2. The van der Waals surface area contributed by atoms with Crippen molar-refractivity contribution in [3.63, 3.8) is 0 Å². The molecule has 1 atom stereocenters. The third-order valence-corrected chi connectivity index (χ3v) is 3.67. The van der Waals surface area contributed by atoms with E-state index < -0.39 is 22.7 Å². The quantitative estimate of drug-likeness (QED) is 0.611. The minimum Gasteiger partial charge on any atom is -0.444 e. The van der Waals surface area contributed by atoms with E-state index in [1.807, 2.05) is 0 Å². The summed E-state index contributed by atoms with van der Waals surface area (Å²) in [6.07, 6.45) is -0.577. The normalized spacial score (nSPS) is 18.5. The van der Waals surface area contributed by atoms with Gasteiger partial charge >= 0.3 is 6.09 Å². The van der Waals surface area contributed by atoms with Crippen LogP contribution < -0.4 is 0 Å². The van der Waals surface area contributed by atoms with Crippen LogP contribution in [-0.2, 0) is 9.53 Å². The maximum absolute atomic E-state index is 12.4. The van der Waals surface area contributed by atoms with Gasteiger partial charge in [0.05, 0.1) is 11.0 Å². The van der Waals surface area contributed by atoms with Crippen LogP contribution in [0.5, 0.6) is 0 Å². The molecule has 1 aromatic carbocycles. The van der Waals surface area contributed by atoms with Crippen LogP contribution in [0.25, 0.3) is 0 Å². The summed E-state index contributed by atoms with van der Waals surface area (Å²) in [4.78, 5) is 37.6. The van der Waals surface area contributed by atoms with Crippen molar-refractivity contribution < 1.29 is 19.2 Å². The van der Waals surface area contributed by atoms with Gasteiger partial charge in [0, 0.05) is 25.7 Å². The Balaban J connectivity index is 2.29. The van der Waals surface area contributed by atoms with E-state index >= 15 is 0 Å². The average molecular weight is 335 g/mol. The third kappa shape index (κ3) is 4.01. The van der Waals surface area contributed by atoms with E-state index in [4.69, 9.17) is 4.74 Å². The Morgan fingerprint density at radius 1 is 1.29 bits per heavy atom. The number of hydrogen-bond acceptors (Lipinski definition) is 5. The molecule has 0 spiro atoms. The van der Waals surface area contributed by atoms with Crippen molar-refractivity contribution in [3.05, 3.63) is 39.9 Å². The molecule has 0 N–H and O–H groups in total. The summed E-state index contributed by atoms with van der Waals surface area (Å²) in [5, 5.41) is 10.8. The Morgan fingerprint density at radius 2 is 1.88 bits per heavy atom. The van der Waals surface area contributed by atoms with Crippen LogP contribution in [0.1, 0.15) is 32.4 Å². The van der Waals surface area contributed by atoms with Gasteiger partial charge in [-0.05, 0) is 26.3 Å². The third-order valence-electron chi connectivity index (χ3n) is 3.67. The molecule has 130 valence electrons. The highest BCUT2D eigenvalue weighted by atomic mass is 16.6. The van der Waals surface area contributed by atoms with Gasteiger partial charge in [0.2, 0.25) is 5.91 Å². The highest BCUT2D eigenvalue weighted by molar-refractivity contribution is 5.84. The zero-order valence-electron chi connectivity index (χ0n) is 14.2. The van der Waals surface area contributed by atoms with Crippen molar-refractivity contribution in [1.29, 1.82) is 0 Å². The van der Waals surface area contributed by atoms with Gasteiger partial charge in [0.15, 0.2) is 0 Å². The zero-order chi connectivity index (χ0) is 18.1. The van der Waals surface area contributed by atoms with Crippen LogP contribution in [0, 0.1) is 10.1 Å². The molecule has 8 heteroatoms. The number of amides is 2. The summed E-state index contributed by atoms with van der Waals surface area (Å²) in [6, 6.07) is 5.56. The maximum Gasteiger partial charge on any atom is 0.411 e. The first-order valence-electron chi connectivity index (χ1n) is 7.56. The molecule has 24 heavy (non-hydrogen) atoms. The molecule has 1 aliphatic rings. The molecule has 1 aliphatic heterocycles. The summed E-state index contributed by atoms with van der Waals surface area (Å²) in [6.45, 7) is 5.47. The Morgan fingerprint density at radius 3 is 2.38 bits per heavy atom. The van der Waals surface area contributed by atoms with Crippen LogP contribution >= 0.6 is 0 Å². The number of rotatable bonds is 2. The molecule has 0 aromatic heterocycles. The predicted octanol–water partition coefficient (Wildman–Crippen LogP) is 2.35. The predicted molar refractivity (Wildman–Crippen MR) is 86.4 cm³/mol. The van der Waals surface area contributed by atoms with E-state index in [1.54, 1.807) is 40.0 Å². The molecule has 0 unspecified atom stereocenters. The number of benzene rings is 1. The Hall–Kier alpha value is -2.64. The lowest BCUT2D eigenvalue weighted by Gasteiger charge is -2.40. The van der Waals surface area contributed by atoms with Gasteiger partial charge in [-0.1, -0.05) is 12.1 Å². The van der Waals surface area contributed by atoms with E-state index in [0.717, 1.165) is 0 Å². The van der Waals surface area contributed by atoms with Crippen molar-refractivity contribution in [2.24, 2.45) is 0 Å². The molecule has 0 saturated carbocycles. The van der Waals surface area contributed by atoms with E-state index in [1.165, 1.54) is 21.9 Å². The van der Waals surface area contributed by atoms with Crippen molar-refractivity contribution in [2.75, 3.05) is 20.1 Å². The molecular formula is C16H21N3O5. The fourth-order valence-corrected chi connectivity index (χ4v) is 2.45. The monoisotopic (exact) mass is 335 g/mol. The number of nitrogens with zero attached hydrogens (tertiary/aromatic N) is 3. The first-order valence-corrected chi connectivity index (χ1v) is 7.56. The van der Waals surface area contributed by atoms with Gasteiger partial charge in [-0.2, -0.15) is 0 Å². The molecule has 0 bridgehead atoms. The summed E-state index contributed by atoms with van der Waals surface area (Å²) in [5.41, 5.74) is 0.0115. The summed E-state index contributed by atoms with van der Waals surface area (Å²) < 4.78 is 5.38. The largest absolute Gasteiger partial charge is 0.444 e. The molecule has 0 radical (unpaired) electrons. The van der Waals surface area contributed by atoms with Crippen LogP contribution in [0.3, 0.4) is 0 Å². The SMILES string of the molecule is CN1C[C@H](c2ccc([N+](=O)[O-])cc2)N(C(=O)OC(C)(C)C)CC1=O. The van der Waals surface area contributed by atoms with Gasteiger partial charge in [0.1, 0.15) is 12.1 Å². The maximum atomic E-state index is 12.4. The number of non-ortho nitro benzene ring substituents is 1. The van der Waals surface area contributed by atoms with Gasteiger partial charge in [-0.3, -0.25) is 19.8 Å². The lowest BCUT2D eigenvalue weighted by molar-refractivity contribution is -0.384. The number of likely N-dealkylation sites (N-methyl/N-ethyl adjacent to an activating group) is 1. The molecule has 1 fully saturated rings. The van der Waals surface area contributed by atoms with Crippen LogP contribution in [0.15, 0.2) is 24.3 Å². The standard InChI is InChI=1S/C16H21N3O5/c1-16(2,3)24-15(21)18-10-14(20)17(4)9-13(18)11-5-7-12(8-6-11)19(22)23/h5-8,13H,9-10H2,1-4H3/t13-/m1/s1. The second kappa shape index (κ2) is 6.46. The van der Waals surface area contributed by atoms with Crippen LogP contribution in [-0.4, -0.2) is 52.5 Å². The Labute approximate surface area is 140 Å². The number of piperazine rings is 1. The molecule has 1 heterocycles. The minimum atomic E-state index is -0.677. The van der Waals surface area contributed by atoms with E-state index in [2.05, 4.69) is 0 Å². The van der Waals surface area contributed by atoms with E-state index in [-0.39, 0.29) is 18.1 Å². The lowest BCUT2D eigenvalue weighted by atomic mass is 10.0. The highest BCUT2D eigenvalue weighted by Gasteiger charge is 2.36. The minimum absolute atomic E-state index is 0.0252. The van der Waals surface area contributed by atoms with Gasteiger partial charge in [-0.25, -0.2) is 4.79 Å². The summed E-state index contributed by atoms with van der Waals surface area (Å²) in [7, 11) is 1.66. The van der Waals surface area contributed by atoms with Gasteiger partial charge < -0.3 is 9.64 Å². The number of nitro groups is 1. The Kier molecular flexibility index (Phi) is 4.77. The van der Waals surface area contributed by atoms with E-state index in [9.17, 15) is 19.7 Å². The number of nitro benzene ring substituents is 1. The molecule has 1 aromatic rings. The molecule has 8 nitrogen and oxygen atoms in total. The second-order valence-corrected chi connectivity index (χ2v) is 6.75. The topological polar surface area (TPSA) is 93.0 Å². The fraction of sp³-hybridized carbons (Fsp3) is 0.500. The van der Waals surface area contributed by atoms with Crippen LogP contribution in [0.4, 0.5) is 10.5 Å². The van der Waals surface area contributed by atoms with Crippen molar-refractivity contribution in [2.45, 2.75) is 32.4 Å². The molecule has 1 saturated heterocycles. The highest BCUT2D eigenvalue weighted by Crippen LogP contribution is 2.28. The number of hydrogen-bond donors (Lipinski definition) is 0. The molecule has 2 amide bonds. The van der Waals surface area contributed by atoms with Crippen molar-refractivity contribution in [3.8, 4) is 0 Å². The molecule has 0 aliphatic carbocycles. The Bertz CT molecular complexity index is 651. The fourth-order valence-electron chi connectivity index (χ4n) is 2.45. The van der Waals surface area contributed by atoms with Crippen molar-refractivity contribution >= 4 is 17.7 Å². The average Bonchev–Trinajstić information content (AvgIpc) is 2.48. The first kappa shape index (κ1) is 17.7. The van der Waals surface area contributed by atoms with Crippen LogP contribution in [0.2, 0.25) is 0 Å². The smallest absolute Gasteiger partial charge is 0.411 e. The van der Waals surface area contributed by atoms with E-state index in [0.29, 0.717) is 12.1 Å². The molecular weight excluding hydrogens is 314 g/mol. The zero-order valence-corrected chi connectivity index (χ0v) is 14.2. The van der Waals surface area contributed by atoms with Gasteiger partial charge in [-0.15, -0.1) is 0 Å². The summed E-state index contributed by atoms with van der Waals surface area (Å²) in [5.74, 6) is -0.181. The summed E-state index contributed by atoms with van der Waals surface area (Å²) >= 11 is 0.